The Labute approximate surface area is 259 Å². The topological polar surface area (TPSA) is 205 Å². The summed E-state index contributed by atoms with van der Waals surface area (Å²) in [7, 11) is 0. The summed E-state index contributed by atoms with van der Waals surface area (Å²) in [5.41, 5.74) is 0.786. The average Bonchev–Trinajstić information content (AvgIpc) is 2.99. The van der Waals surface area contributed by atoms with Crippen LogP contribution in [0.2, 0.25) is 0 Å². The van der Waals surface area contributed by atoms with Gasteiger partial charge in [0, 0.05) is 30.8 Å². The number of esters is 1. The van der Waals surface area contributed by atoms with Gasteiger partial charge < -0.3 is 45.6 Å². The van der Waals surface area contributed by atoms with Gasteiger partial charge in [-0.15, -0.1) is 0 Å². The van der Waals surface area contributed by atoms with Crippen LogP contribution in [0.3, 0.4) is 0 Å². The molecule has 1 fully saturated rings. The summed E-state index contributed by atoms with van der Waals surface area (Å²) >= 11 is 0. The van der Waals surface area contributed by atoms with E-state index in [9.17, 15) is 45.3 Å². The molecule has 44 heavy (non-hydrogen) atoms. The predicted octanol–water partition coefficient (Wildman–Crippen LogP) is 2.63. The number of aliphatic hydroxyl groups is 7. The van der Waals surface area contributed by atoms with Crippen LogP contribution in [0.1, 0.15) is 59.8 Å². The number of carbonyl (C=O) groups excluding carboxylic acids is 1. The van der Waals surface area contributed by atoms with Crippen LogP contribution in [0, 0.1) is 17.8 Å². The SMILES string of the molecule is CC/C=C/[C@@H](O)[C@@H](C)[C@H](O)CC(O)[C@@H](O)[C@H](O)C(C)/C(O)=C/C=C/C=C(C)/C=C/C=C/C(=O)O[C@@H]1C[C@@H](C(=O)O)CC[C@@H]1O. The average molecular weight is 623 g/mol. The first kappa shape index (κ1) is 39.0. The summed E-state index contributed by atoms with van der Waals surface area (Å²) in [5, 5.41) is 81.1. The second-order valence-corrected chi connectivity index (χ2v) is 11.3. The van der Waals surface area contributed by atoms with Crippen LogP contribution in [0.25, 0.3) is 0 Å². The normalized spacial score (nSPS) is 25.3. The van der Waals surface area contributed by atoms with E-state index in [1.165, 1.54) is 31.2 Å². The third kappa shape index (κ3) is 13.7. The van der Waals surface area contributed by atoms with Gasteiger partial charge in [0.05, 0.1) is 42.2 Å². The summed E-state index contributed by atoms with van der Waals surface area (Å²) in [5.74, 6) is -4.10. The van der Waals surface area contributed by atoms with Crippen LogP contribution < -0.4 is 0 Å². The molecule has 1 aliphatic carbocycles. The van der Waals surface area contributed by atoms with Gasteiger partial charge in [-0.05, 0) is 32.3 Å². The molecule has 10 atom stereocenters. The Morgan fingerprint density at radius 2 is 1.52 bits per heavy atom. The second-order valence-electron chi connectivity index (χ2n) is 11.3. The molecule has 0 saturated heterocycles. The fourth-order valence-electron chi connectivity index (χ4n) is 4.54. The van der Waals surface area contributed by atoms with E-state index in [1.54, 1.807) is 50.3 Å². The molecule has 0 aromatic carbocycles. The van der Waals surface area contributed by atoms with Gasteiger partial charge in [-0.1, -0.05) is 75.0 Å². The third-order valence-electron chi connectivity index (χ3n) is 7.73. The minimum absolute atomic E-state index is 0.0665. The highest BCUT2D eigenvalue weighted by Crippen LogP contribution is 2.27. The molecule has 0 aromatic heterocycles. The van der Waals surface area contributed by atoms with Crippen molar-refractivity contribution in [2.45, 2.75) is 103 Å². The van der Waals surface area contributed by atoms with E-state index in [2.05, 4.69) is 0 Å². The number of ether oxygens (including phenoxy) is 1. The van der Waals surface area contributed by atoms with Gasteiger partial charge in [0.1, 0.15) is 12.2 Å². The van der Waals surface area contributed by atoms with Crippen molar-refractivity contribution in [3.8, 4) is 0 Å². The number of carboxylic acid groups (broad SMARTS) is 1. The highest BCUT2D eigenvalue weighted by atomic mass is 16.6. The fourth-order valence-corrected chi connectivity index (χ4v) is 4.54. The number of hydrogen-bond acceptors (Lipinski definition) is 10. The van der Waals surface area contributed by atoms with Crippen molar-refractivity contribution < 1.29 is 55.2 Å². The summed E-state index contributed by atoms with van der Waals surface area (Å²) < 4.78 is 5.20. The first-order chi connectivity index (χ1) is 20.7. The van der Waals surface area contributed by atoms with Crippen LogP contribution in [0.4, 0.5) is 0 Å². The standard InChI is InChI=1S/C33H50O11/c1-5-6-13-24(34)21(3)27(37)19-28(38)32(41)31(40)22(4)25(35)14-9-7-11-20(2)12-8-10-15-30(39)44-29-18-23(33(42)43)16-17-26(29)36/h6-15,21-24,26-29,31-32,34-38,40-41H,5,16-19H2,1-4H3,(H,42,43)/b9-7+,12-8+,13-6+,15-10+,20-11+,25-14-/t21-,22?,23+,24-,26+,27-,28?,29-,31-,32-/m1/s1. The van der Waals surface area contributed by atoms with Gasteiger partial charge in [-0.25, -0.2) is 4.79 Å². The van der Waals surface area contributed by atoms with E-state index in [-0.39, 0.29) is 25.0 Å². The lowest BCUT2D eigenvalue weighted by molar-refractivity contribution is -0.159. The molecule has 8 N–H and O–H groups in total. The number of carboxylic acids is 1. The zero-order valence-electron chi connectivity index (χ0n) is 25.9. The van der Waals surface area contributed by atoms with Gasteiger partial charge in [0.15, 0.2) is 0 Å². The number of rotatable bonds is 17. The summed E-state index contributed by atoms with van der Waals surface area (Å²) in [4.78, 5) is 23.2. The minimum atomic E-state index is -1.65. The monoisotopic (exact) mass is 622 g/mol. The van der Waals surface area contributed by atoms with Gasteiger partial charge >= 0.3 is 11.9 Å². The first-order valence-corrected chi connectivity index (χ1v) is 15.0. The molecule has 0 aromatic rings. The summed E-state index contributed by atoms with van der Waals surface area (Å²) in [6, 6.07) is 0. The van der Waals surface area contributed by atoms with Crippen molar-refractivity contribution in [1.29, 1.82) is 0 Å². The van der Waals surface area contributed by atoms with Crippen molar-refractivity contribution in [3.05, 3.63) is 72.1 Å². The van der Waals surface area contributed by atoms with E-state index >= 15 is 0 Å². The van der Waals surface area contributed by atoms with E-state index in [4.69, 9.17) is 9.84 Å². The lowest BCUT2D eigenvalue weighted by atomic mass is 9.85. The zero-order chi connectivity index (χ0) is 33.4. The molecule has 0 bridgehead atoms. The molecule has 1 aliphatic rings. The highest BCUT2D eigenvalue weighted by molar-refractivity contribution is 5.82. The largest absolute Gasteiger partial charge is 0.512 e. The molecule has 1 saturated carbocycles. The Bertz CT molecular complexity index is 1070. The molecule has 0 radical (unpaired) electrons. The summed E-state index contributed by atoms with van der Waals surface area (Å²) in [6.45, 7) is 6.78. The Morgan fingerprint density at radius 1 is 0.886 bits per heavy atom. The quantitative estimate of drug-likeness (QED) is 0.0389. The molecule has 0 amide bonds. The maximum absolute atomic E-state index is 12.0. The van der Waals surface area contributed by atoms with Gasteiger partial charge in [-0.2, -0.15) is 0 Å². The van der Waals surface area contributed by atoms with Crippen molar-refractivity contribution in [2.75, 3.05) is 0 Å². The van der Waals surface area contributed by atoms with Crippen LogP contribution in [-0.4, -0.2) is 95.5 Å². The van der Waals surface area contributed by atoms with Gasteiger partial charge in [-0.3, -0.25) is 4.79 Å². The second kappa shape index (κ2) is 20.1. The van der Waals surface area contributed by atoms with Crippen LogP contribution in [-0.2, 0) is 14.3 Å². The molecule has 11 nitrogen and oxygen atoms in total. The molecular formula is C33H50O11. The third-order valence-corrected chi connectivity index (χ3v) is 7.73. The molecule has 11 heteroatoms. The highest BCUT2D eigenvalue weighted by Gasteiger charge is 2.35. The van der Waals surface area contributed by atoms with Crippen LogP contribution in [0.5, 0.6) is 0 Å². The molecule has 0 heterocycles. The summed E-state index contributed by atoms with van der Waals surface area (Å²) in [6.07, 6.45) is 8.01. The molecular weight excluding hydrogens is 572 g/mol. The molecule has 1 rings (SSSR count). The van der Waals surface area contributed by atoms with Crippen molar-refractivity contribution in [2.24, 2.45) is 17.8 Å². The fraction of sp³-hybridized carbons (Fsp3) is 0.576. The van der Waals surface area contributed by atoms with Gasteiger partial charge in [0.25, 0.3) is 0 Å². The van der Waals surface area contributed by atoms with Crippen LogP contribution in [0.15, 0.2) is 72.1 Å². The van der Waals surface area contributed by atoms with Crippen molar-refractivity contribution >= 4 is 11.9 Å². The lowest BCUT2D eigenvalue weighted by Gasteiger charge is -2.30. The van der Waals surface area contributed by atoms with E-state index < -0.39 is 72.4 Å². The Kier molecular flexibility index (Phi) is 17.8. The lowest BCUT2D eigenvalue weighted by Crippen LogP contribution is -2.44. The van der Waals surface area contributed by atoms with Crippen LogP contribution >= 0.6 is 0 Å². The number of allylic oxidation sites excluding steroid dienone is 9. The maximum atomic E-state index is 12.0. The van der Waals surface area contributed by atoms with Crippen molar-refractivity contribution in [1.82, 2.24) is 0 Å². The zero-order valence-corrected chi connectivity index (χ0v) is 25.9. The van der Waals surface area contributed by atoms with E-state index in [0.717, 1.165) is 12.0 Å². The predicted molar refractivity (Wildman–Crippen MR) is 165 cm³/mol. The number of aliphatic hydroxyl groups excluding tert-OH is 7. The Morgan fingerprint density at radius 3 is 2.16 bits per heavy atom. The Hall–Kier alpha value is -3.06. The molecule has 2 unspecified atom stereocenters. The molecule has 0 aliphatic heterocycles. The molecule has 0 spiro atoms. The van der Waals surface area contributed by atoms with Gasteiger partial charge in [0.2, 0.25) is 0 Å². The smallest absolute Gasteiger partial charge is 0.331 e. The number of carbonyl (C=O) groups is 2. The Balaban J connectivity index is 2.60. The first-order valence-electron chi connectivity index (χ1n) is 15.0. The minimum Gasteiger partial charge on any atom is -0.512 e. The number of aliphatic carboxylic acids is 1. The van der Waals surface area contributed by atoms with E-state index in [1.807, 2.05) is 6.92 Å². The number of hydrogen-bond donors (Lipinski definition) is 8. The maximum Gasteiger partial charge on any atom is 0.331 e. The molecule has 248 valence electrons. The van der Waals surface area contributed by atoms with Crippen molar-refractivity contribution in [3.63, 3.8) is 0 Å². The van der Waals surface area contributed by atoms with E-state index in [0.29, 0.717) is 6.42 Å².